The van der Waals surface area contributed by atoms with Gasteiger partial charge in [-0.1, -0.05) is 179 Å². The van der Waals surface area contributed by atoms with Gasteiger partial charge in [-0.2, -0.15) is 0 Å². The van der Waals surface area contributed by atoms with Crippen molar-refractivity contribution in [2.24, 2.45) is 0 Å². The Kier molecular flexibility index (Phi) is 43.2. The third-order valence-corrected chi connectivity index (χ3v) is 10.7. The fourth-order valence-corrected chi connectivity index (χ4v) is 6.96. The summed E-state index contributed by atoms with van der Waals surface area (Å²) in [6.07, 6.45) is 52.4. The first-order valence-corrected chi connectivity index (χ1v) is 23.7. The molecule has 0 saturated heterocycles. The summed E-state index contributed by atoms with van der Waals surface area (Å²) in [5, 5.41) is 23.1. The molecule has 0 aromatic rings. The van der Waals surface area contributed by atoms with Crippen molar-refractivity contribution in [1.82, 2.24) is 5.32 Å². The molecule has 6 heteroatoms. The zero-order valence-electron chi connectivity index (χ0n) is 36.4. The third kappa shape index (κ3) is 41.5. The zero-order valence-corrected chi connectivity index (χ0v) is 36.4. The summed E-state index contributed by atoms with van der Waals surface area (Å²) in [7, 11) is 0. The van der Waals surface area contributed by atoms with Gasteiger partial charge in [-0.25, -0.2) is 0 Å². The summed E-state index contributed by atoms with van der Waals surface area (Å²) in [4.78, 5) is 24.4. The van der Waals surface area contributed by atoms with E-state index in [4.69, 9.17) is 4.74 Å². The van der Waals surface area contributed by atoms with Crippen molar-refractivity contribution in [2.45, 2.75) is 251 Å². The number of hydrogen-bond donors (Lipinski definition) is 3. The molecule has 0 aliphatic carbocycles. The molecule has 55 heavy (non-hydrogen) atoms. The van der Waals surface area contributed by atoms with Crippen LogP contribution in [-0.4, -0.2) is 47.4 Å². The molecule has 0 spiro atoms. The van der Waals surface area contributed by atoms with Gasteiger partial charge in [-0.05, 0) is 83.5 Å². The van der Waals surface area contributed by atoms with Crippen molar-refractivity contribution in [2.75, 3.05) is 13.2 Å². The molecule has 0 bridgehead atoms. The second-order valence-electron chi connectivity index (χ2n) is 16.1. The second-order valence-corrected chi connectivity index (χ2v) is 16.1. The van der Waals surface area contributed by atoms with Gasteiger partial charge < -0.3 is 20.3 Å². The summed E-state index contributed by atoms with van der Waals surface area (Å²) in [6.45, 7) is 4.82. The number of carbonyl (C=O) groups excluding carboxylic acids is 2. The maximum atomic E-state index is 12.4. The van der Waals surface area contributed by atoms with E-state index in [2.05, 4.69) is 55.6 Å². The van der Waals surface area contributed by atoms with Crippen LogP contribution in [0.4, 0.5) is 0 Å². The average Bonchev–Trinajstić information content (AvgIpc) is 3.18. The molecular weight excluding hydrogens is 683 g/mol. The van der Waals surface area contributed by atoms with Gasteiger partial charge in [0.25, 0.3) is 0 Å². The van der Waals surface area contributed by atoms with Crippen LogP contribution in [0.5, 0.6) is 0 Å². The molecule has 0 aliphatic heterocycles. The molecule has 6 nitrogen and oxygen atoms in total. The van der Waals surface area contributed by atoms with Gasteiger partial charge in [0.05, 0.1) is 25.4 Å². The van der Waals surface area contributed by atoms with Gasteiger partial charge in [-0.15, -0.1) is 0 Å². The Bertz CT molecular complexity index is 900. The number of aliphatic hydroxyl groups is 2. The number of allylic oxidation sites excluding steroid dienone is 6. The lowest BCUT2D eigenvalue weighted by Gasteiger charge is -2.22. The molecular formula is C49H91NO5. The Labute approximate surface area is 341 Å². The van der Waals surface area contributed by atoms with Crippen LogP contribution in [0.1, 0.15) is 239 Å². The van der Waals surface area contributed by atoms with Crippen LogP contribution in [0.15, 0.2) is 36.5 Å². The average molecular weight is 774 g/mol. The quantitative estimate of drug-likeness (QED) is 0.0326. The fraction of sp³-hybridized carbons (Fsp3) is 0.837. The van der Waals surface area contributed by atoms with Gasteiger partial charge in [0, 0.05) is 12.8 Å². The number of aliphatic hydroxyl groups excluding tert-OH is 2. The van der Waals surface area contributed by atoms with E-state index >= 15 is 0 Å². The lowest BCUT2D eigenvalue weighted by molar-refractivity contribution is -0.143. The van der Waals surface area contributed by atoms with Crippen molar-refractivity contribution in [3.63, 3.8) is 0 Å². The second kappa shape index (κ2) is 44.8. The van der Waals surface area contributed by atoms with Crippen LogP contribution in [-0.2, 0) is 14.3 Å². The SMILES string of the molecule is CCCCC/C=C\C/C=C\CCCCCCCC(=O)OCCCC/C=C\CCCCCCCC(=O)NC(CO)C(O)CCCCCCCCCCCCCC. The van der Waals surface area contributed by atoms with E-state index in [1.54, 1.807) is 0 Å². The predicted molar refractivity (Wildman–Crippen MR) is 236 cm³/mol. The first-order chi connectivity index (χ1) is 27.0. The molecule has 0 heterocycles. The van der Waals surface area contributed by atoms with E-state index in [0.29, 0.717) is 25.9 Å². The van der Waals surface area contributed by atoms with Crippen LogP contribution < -0.4 is 5.32 Å². The van der Waals surface area contributed by atoms with Gasteiger partial charge in [0.15, 0.2) is 0 Å². The molecule has 0 aromatic heterocycles. The maximum Gasteiger partial charge on any atom is 0.305 e. The van der Waals surface area contributed by atoms with Gasteiger partial charge in [0.2, 0.25) is 5.91 Å². The normalized spacial score (nSPS) is 13.0. The summed E-state index contributed by atoms with van der Waals surface area (Å²) in [6, 6.07) is -0.562. The molecule has 3 N–H and O–H groups in total. The Hall–Kier alpha value is -1.92. The molecule has 2 unspecified atom stereocenters. The van der Waals surface area contributed by atoms with Crippen LogP contribution in [0, 0.1) is 0 Å². The Morgan fingerprint density at radius 2 is 0.909 bits per heavy atom. The Balaban J connectivity index is 3.54. The summed E-state index contributed by atoms with van der Waals surface area (Å²) >= 11 is 0. The van der Waals surface area contributed by atoms with E-state index in [9.17, 15) is 19.8 Å². The van der Waals surface area contributed by atoms with E-state index < -0.39 is 12.1 Å². The van der Waals surface area contributed by atoms with E-state index in [0.717, 1.165) is 96.3 Å². The van der Waals surface area contributed by atoms with Gasteiger partial charge in [0.1, 0.15) is 0 Å². The number of amides is 1. The molecule has 1 amide bonds. The van der Waals surface area contributed by atoms with Crippen LogP contribution >= 0.6 is 0 Å². The highest BCUT2D eigenvalue weighted by molar-refractivity contribution is 5.76. The highest BCUT2D eigenvalue weighted by Crippen LogP contribution is 2.15. The fourth-order valence-electron chi connectivity index (χ4n) is 6.96. The number of esters is 1. The zero-order chi connectivity index (χ0) is 40.1. The first-order valence-electron chi connectivity index (χ1n) is 23.7. The summed E-state index contributed by atoms with van der Waals surface area (Å²) in [5.74, 6) is -0.113. The predicted octanol–water partition coefficient (Wildman–Crippen LogP) is 13.7. The topological polar surface area (TPSA) is 95.9 Å². The molecule has 0 saturated carbocycles. The van der Waals surface area contributed by atoms with Crippen molar-refractivity contribution in [3.8, 4) is 0 Å². The van der Waals surface area contributed by atoms with Crippen molar-refractivity contribution in [3.05, 3.63) is 36.5 Å². The minimum Gasteiger partial charge on any atom is -0.466 e. The summed E-state index contributed by atoms with van der Waals surface area (Å²) < 4.78 is 5.42. The lowest BCUT2D eigenvalue weighted by Crippen LogP contribution is -2.45. The number of unbranched alkanes of at least 4 members (excludes halogenated alkanes) is 26. The molecule has 0 aromatic carbocycles. The molecule has 2 atom stereocenters. The standard InChI is InChI=1S/C49H91NO5/c1-3-5-7-9-11-13-15-17-18-19-23-27-31-35-39-43-49(54)55-44-40-36-32-28-24-20-22-26-30-34-38-42-48(53)50-46(45-51)47(52)41-37-33-29-25-21-16-14-12-10-8-6-4-2/h11,13,17-18,24,28,46-47,51-52H,3-10,12,14-16,19-23,25-27,29-45H2,1-2H3,(H,50,53)/b13-11-,18-17-,28-24-. The van der Waals surface area contributed by atoms with Crippen LogP contribution in [0.2, 0.25) is 0 Å². The van der Waals surface area contributed by atoms with Crippen LogP contribution in [0.25, 0.3) is 0 Å². The monoisotopic (exact) mass is 774 g/mol. The van der Waals surface area contributed by atoms with Gasteiger partial charge >= 0.3 is 5.97 Å². The number of ether oxygens (including phenoxy) is 1. The maximum absolute atomic E-state index is 12.4. The molecule has 0 aliphatic rings. The van der Waals surface area contributed by atoms with Crippen molar-refractivity contribution < 1.29 is 24.5 Å². The first kappa shape index (κ1) is 53.1. The highest BCUT2D eigenvalue weighted by Gasteiger charge is 2.20. The summed E-state index contributed by atoms with van der Waals surface area (Å²) in [5.41, 5.74) is 0. The van der Waals surface area contributed by atoms with Crippen molar-refractivity contribution >= 4 is 11.9 Å². The smallest absolute Gasteiger partial charge is 0.305 e. The Morgan fingerprint density at radius 1 is 0.509 bits per heavy atom. The lowest BCUT2D eigenvalue weighted by atomic mass is 10.0. The number of carbonyl (C=O) groups is 2. The van der Waals surface area contributed by atoms with E-state index in [-0.39, 0.29) is 18.5 Å². The molecule has 322 valence electrons. The molecule has 0 rings (SSSR count). The molecule has 0 radical (unpaired) electrons. The van der Waals surface area contributed by atoms with E-state index in [1.807, 2.05) is 0 Å². The Morgan fingerprint density at radius 3 is 1.44 bits per heavy atom. The van der Waals surface area contributed by atoms with Crippen LogP contribution in [0.3, 0.4) is 0 Å². The highest BCUT2D eigenvalue weighted by atomic mass is 16.5. The van der Waals surface area contributed by atoms with E-state index in [1.165, 1.54) is 109 Å². The number of rotatable bonds is 43. The van der Waals surface area contributed by atoms with Crippen molar-refractivity contribution in [1.29, 1.82) is 0 Å². The minimum absolute atomic E-state index is 0.0461. The van der Waals surface area contributed by atoms with Gasteiger partial charge in [-0.3, -0.25) is 9.59 Å². The molecule has 0 fully saturated rings. The third-order valence-electron chi connectivity index (χ3n) is 10.7. The minimum atomic E-state index is -0.682. The number of hydrogen-bond acceptors (Lipinski definition) is 5. The number of nitrogens with one attached hydrogen (secondary N) is 1. The largest absolute Gasteiger partial charge is 0.466 e.